The first kappa shape index (κ1) is 50.0. The number of aliphatic imine (C=N–C) groups is 1. The van der Waals surface area contributed by atoms with Crippen molar-refractivity contribution in [3.63, 3.8) is 0 Å². The molecule has 0 aromatic carbocycles. The molecule has 0 aliphatic rings. The van der Waals surface area contributed by atoms with E-state index in [1.807, 2.05) is 71.6 Å². The van der Waals surface area contributed by atoms with E-state index in [9.17, 15) is 22.7 Å². The van der Waals surface area contributed by atoms with Gasteiger partial charge in [0.2, 0.25) is 0 Å². The van der Waals surface area contributed by atoms with E-state index in [0.29, 0.717) is 53.7 Å². The zero-order chi connectivity index (χ0) is 41.4. The third kappa shape index (κ3) is 18.4. The molecule has 0 heterocycles. The second kappa shape index (κ2) is 26.7. The van der Waals surface area contributed by atoms with Gasteiger partial charge in [0.15, 0.2) is 5.83 Å². The highest BCUT2D eigenvalue weighted by molar-refractivity contribution is 5.99. The maximum absolute atomic E-state index is 15.1. The Morgan fingerprint density at radius 3 is 2.17 bits per heavy atom. The van der Waals surface area contributed by atoms with Crippen LogP contribution in [0, 0.1) is 11.8 Å². The molecule has 0 aromatic heterocycles. The van der Waals surface area contributed by atoms with Crippen LogP contribution in [0.1, 0.15) is 75.2 Å². The van der Waals surface area contributed by atoms with Crippen molar-refractivity contribution in [2.45, 2.75) is 81.3 Å². The first-order chi connectivity index (χ1) is 25.4. The minimum atomic E-state index is -4.57. The number of alkyl halides is 3. The molecule has 1 unspecified atom stereocenters. The van der Waals surface area contributed by atoms with Crippen LogP contribution < -0.4 is 16.2 Å². The molecule has 54 heavy (non-hydrogen) atoms. The van der Waals surface area contributed by atoms with Gasteiger partial charge in [0.05, 0.1) is 18.1 Å². The first-order valence-corrected chi connectivity index (χ1v) is 18.3. The van der Waals surface area contributed by atoms with E-state index in [2.05, 4.69) is 34.3 Å². The van der Waals surface area contributed by atoms with E-state index in [4.69, 9.17) is 4.74 Å². The number of halogens is 5. The molecule has 0 radical (unpaired) electrons. The number of aliphatic hydroxyl groups excluding tert-OH is 1. The number of likely N-dealkylation sites (N-methyl/N-ethyl adjacent to an activating group) is 1. The summed E-state index contributed by atoms with van der Waals surface area (Å²) < 4.78 is 75.2. The highest BCUT2D eigenvalue weighted by Crippen LogP contribution is 2.35. The maximum atomic E-state index is 15.1. The summed E-state index contributed by atoms with van der Waals surface area (Å²) in [4.78, 5) is 5.64. The fourth-order valence-corrected chi connectivity index (χ4v) is 5.54. The zero-order valence-electron chi connectivity index (χ0n) is 34.0. The van der Waals surface area contributed by atoms with Crippen molar-refractivity contribution in [2.75, 3.05) is 46.4 Å². The quantitative estimate of drug-likeness (QED) is 0.0244. The summed E-state index contributed by atoms with van der Waals surface area (Å²) >= 11 is 0. The number of hydrazine groups is 1. The Balaban J connectivity index is 6.90. The molecular formula is C42H64F5N5O2. The smallest absolute Gasteiger partial charge is 0.432 e. The van der Waals surface area contributed by atoms with E-state index >= 15 is 4.39 Å². The summed E-state index contributed by atoms with van der Waals surface area (Å²) in [6.45, 7) is 27.6. The SMILES string of the molecule is C=C(NNC)/C(C(=C)NC(=C/C)/C(=C\C(C)=C/C)C/C=C\C(=N/CC)C(F)(F)F)=C(/C)C(CC(=C/C=C(\C)OCCN(CC)CCO)/C(F)=C/F)C(C)C. The summed E-state index contributed by atoms with van der Waals surface area (Å²) in [6, 6.07) is 0. The average Bonchev–Trinajstić information content (AvgIpc) is 3.11. The van der Waals surface area contributed by atoms with Crippen LogP contribution >= 0.6 is 0 Å². The van der Waals surface area contributed by atoms with Crippen LogP contribution in [0.2, 0.25) is 0 Å². The van der Waals surface area contributed by atoms with Gasteiger partial charge in [-0.1, -0.05) is 75.5 Å². The van der Waals surface area contributed by atoms with E-state index in [-0.39, 0.29) is 49.7 Å². The number of allylic oxidation sites excluding steroid dienone is 13. The van der Waals surface area contributed by atoms with Crippen LogP contribution in [-0.4, -0.2) is 68.3 Å². The highest BCUT2D eigenvalue weighted by Gasteiger charge is 2.33. The Labute approximate surface area is 321 Å². The number of nitrogens with one attached hydrogen (secondary N) is 3. The number of hydrogen-bond donors (Lipinski definition) is 4. The highest BCUT2D eigenvalue weighted by atomic mass is 19.4. The Bertz CT molecular complexity index is 1490. The van der Waals surface area contributed by atoms with Crippen LogP contribution in [0.25, 0.3) is 0 Å². The van der Waals surface area contributed by atoms with Crippen LogP contribution in [-0.2, 0) is 4.74 Å². The lowest BCUT2D eigenvalue weighted by Gasteiger charge is -2.28. The largest absolute Gasteiger partial charge is 0.497 e. The van der Waals surface area contributed by atoms with Crippen molar-refractivity contribution >= 4 is 5.71 Å². The molecule has 0 aliphatic heterocycles. The normalized spacial score (nSPS) is 15.6. The van der Waals surface area contributed by atoms with Gasteiger partial charge in [-0.15, -0.1) is 0 Å². The predicted octanol–water partition coefficient (Wildman–Crippen LogP) is 10.0. The second-order valence-electron chi connectivity index (χ2n) is 12.9. The zero-order valence-corrected chi connectivity index (χ0v) is 34.0. The Kier molecular flexibility index (Phi) is 24.7. The fourth-order valence-electron chi connectivity index (χ4n) is 5.54. The summed E-state index contributed by atoms with van der Waals surface area (Å²) in [5, 5.41) is 12.6. The fraction of sp³-hybridized carbons (Fsp3) is 0.500. The lowest BCUT2D eigenvalue weighted by Crippen LogP contribution is -2.30. The van der Waals surface area contributed by atoms with Crippen molar-refractivity contribution < 1.29 is 31.8 Å². The second-order valence-corrected chi connectivity index (χ2v) is 12.9. The predicted molar refractivity (Wildman–Crippen MR) is 216 cm³/mol. The maximum Gasteiger partial charge on any atom is 0.432 e. The molecule has 304 valence electrons. The van der Waals surface area contributed by atoms with Crippen molar-refractivity contribution in [1.29, 1.82) is 0 Å². The van der Waals surface area contributed by atoms with Crippen LogP contribution in [0.4, 0.5) is 22.0 Å². The van der Waals surface area contributed by atoms with Crippen LogP contribution in [0.5, 0.6) is 0 Å². The number of hydrogen-bond acceptors (Lipinski definition) is 7. The van der Waals surface area contributed by atoms with Crippen LogP contribution in [0.3, 0.4) is 0 Å². The van der Waals surface area contributed by atoms with Crippen molar-refractivity contribution in [1.82, 2.24) is 21.1 Å². The minimum Gasteiger partial charge on any atom is -0.497 e. The Morgan fingerprint density at radius 1 is 1.00 bits per heavy atom. The molecule has 7 nitrogen and oxygen atoms in total. The summed E-state index contributed by atoms with van der Waals surface area (Å²) in [6.07, 6.45) is 6.81. The van der Waals surface area contributed by atoms with Crippen molar-refractivity contribution in [3.8, 4) is 0 Å². The third-order valence-electron chi connectivity index (χ3n) is 8.61. The molecule has 0 bridgehead atoms. The minimum absolute atomic E-state index is 0.000992. The summed E-state index contributed by atoms with van der Waals surface area (Å²) in [5.74, 6) is -0.826. The van der Waals surface area contributed by atoms with Gasteiger partial charge in [-0.3, -0.25) is 9.89 Å². The number of aliphatic hydroxyl groups is 1. The van der Waals surface area contributed by atoms with Gasteiger partial charge in [0.25, 0.3) is 0 Å². The molecule has 0 aliphatic carbocycles. The molecule has 4 N–H and O–H groups in total. The molecule has 0 spiro atoms. The molecule has 0 amide bonds. The molecule has 0 aromatic rings. The lowest BCUT2D eigenvalue weighted by atomic mass is 9.80. The van der Waals surface area contributed by atoms with E-state index in [1.165, 1.54) is 12.2 Å². The van der Waals surface area contributed by atoms with E-state index in [0.717, 1.165) is 23.8 Å². The standard InChI is InChI=1S/C42H64F5N5O2/c1-13-30(7)26-36(18-17-19-40(49-15-3)42(45,46)47)39(14-2)50-33(10)41(34(11)51-48-12)32(9)37(29(5)6)27-35(38(44)28-43)21-20-31(8)54-25-23-52(16-4)22-24-53/h13-14,17,19-21,26,28-29,37,48,50-51,53H,10-11,15-16,18,22-25,27H2,1-9,12H3/b19-17-,30-13-,31-20+,35-21-,36-26-,38-28-,39-14+,41-32-,49-40+. The topological polar surface area (TPSA) is 81.1 Å². The van der Waals surface area contributed by atoms with Gasteiger partial charge in [-0.2, -0.15) is 13.2 Å². The molecule has 0 saturated heterocycles. The molecule has 12 heteroatoms. The third-order valence-corrected chi connectivity index (χ3v) is 8.61. The number of ether oxygens (including phenoxy) is 1. The summed E-state index contributed by atoms with van der Waals surface area (Å²) in [7, 11) is 1.68. The van der Waals surface area contributed by atoms with Crippen LogP contribution in [0.15, 0.2) is 124 Å². The van der Waals surface area contributed by atoms with Gasteiger partial charge in [0, 0.05) is 43.6 Å². The van der Waals surface area contributed by atoms with E-state index in [1.54, 1.807) is 27.0 Å². The van der Waals surface area contributed by atoms with Crippen molar-refractivity contribution in [2.24, 2.45) is 16.8 Å². The number of nitrogens with zero attached hydrogens (tertiary/aromatic N) is 2. The summed E-state index contributed by atoms with van der Waals surface area (Å²) in [5.41, 5.74) is 9.61. The molecule has 0 saturated carbocycles. The average molecular weight is 766 g/mol. The van der Waals surface area contributed by atoms with Gasteiger partial charge in [0.1, 0.15) is 18.6 Å². The first-order valence-electron chi connectivity index (χ1n) is 18.3. The Morgan fingerprint density at radius 2 is 1.67 bits per heavy atom. The van der Waals surface area contributed by atoms with Gasteiger partial charge < -0.3 is 20.6 Å². The molecule has 1 atom stereocenters. The molecule has 0 fully saturated rings. The van der Waals surface area contributed by atoms with Gasteiger partial charge in [-0.25, -0.2) is 14.2 Å². The van der Waals surface area contributed by atoms with E-state index < -0.39 is 17.7 Å². The molecular weight excluding hydrogens is 701 g/mol. The molecule has 0 rings (SSSR count). The van der Waals surface area contributed by atoms with Gasteiger partial charge >= 0.3 is 6.18 Å². The Hall–Kier alpha value is -4.00. The van der Waals surface area contributed by atoms with Crippen molar-refractivity contribution in [3.05, 3.63) is 119 Å². The lowest BCUT2D eigenvalue weighted by molar-refractivity contribution is -0.0578. The number of rotatable bonds is 25. The van der Waals surface area contributed by atoms with Gasteiger partial charge in [-0.05, 0) is 96.1 Å². The monoisotopic (exact) mass is 765 g/mol.